The van der Waals surface area contributed by atoms with E-state index in [-0.39, 0.29) is 12.1 Å². The quantitative estimate of drug-likeness (QED) is 0.719. The number of nitrogens with one attached hydrogen (secondary N) is 1. The van der Waals surface area contributed by atoms with Crippen molar-refractivity contribution in [1.29, 1.82) is 0 Å². The summed E-state index contributed by atoms with van der Waals surface area (Å²) in [5.74, 6) is -0.251. The van der Waals surface area contributed by atoms with Crippen molar-refractivity contribution in [2.45, 2.75) is 19.0 Å². The number of carbonyl (C=O) groups excluding carboxylic acids is 1. The molecule has 9 heteroatoms. The van der Waals surface area contributed by atoms with Crippen LogP contribution in [0.1, 0.15) is 27.9 Å². The van der Waals surface area contributed by atoms with Crippen molar-refractivity contribution in [2.24, 2.45) is 0 Å². The molecule has 1 N–H and O–H groups in total. The second-order valence-electron chi connectivity index (χ2n) is 5.37. The van der Waals surface area contributed by atoms with Crippen molar-refractivity contribution < 1.29 is 18.0 Å². The molecule has 0 bridgehead atoms. The highest BCUT2D eigenvalue weighted by Gasteiger charge is 2.34. The van der Waals surface area contributed by atoms with Crippen LogP contribution in [-0.4, -0.2) is 32.0 Å². The topological polar surface area (TPSA) is 72.2 Å². The summed E-state index contributed by atoms with van der Waals surface area (Å²) in [6, 6.07) is 4.73. The van der Waals surface area contributed by atoms with E-state index < -0.39 is 17.6 Å². The Labute approximate surface area is 140 Å². The van der Waals surface area contributed by atoms with Gasteiger partial charge in [0, 0.05) is 18.9 Å². The van der Waals surface area contributed by atoms with Crippen molar-refractivity contribution in [2.75, 3.05) is 6.54 Å². The third kappa shape index (κ3) is 3.93. The van der Waals surface area contributed by atoms with Crippen molar-refractivity contribution >= 4 is 11.7 Å². The van der Waals surface area contributed by atoms with Crippen LogP contribution in [-0.2, 0) is 12.6 Å². The van der Waals surface area contributed by atoms with Crippen LogP contribution in [0.4, 0.5) is 13.2 Å². The average molecular weight is 349 g/mol. The number of aryl methyl sites for hydroxylation is 1. The van der Waals surface area contributed by atoms with Crippen molar-refractivity contribution in [3.8, 4) is 0 Å². The number of aromatic nitrogens is 4. The molecule has 0 aliphatic carbocycles. The molecular weight excluding hydrogens is 335 g/mol. The number of hydrogen-bond donors (Lipinski definition) is 1. The van der Waals surface area contributed by atoms with E-state index in [9.17, 15) is 18.0 Å². The number of hydrogen-bond acceptors (Lipinski definition) is 4. The maximum Gasteiger partial charge on any atom is 0.417 e. The summed E-state index contributed by atoms with van der Waals surface area (Å²) in [5, 5.41) is 6.49. The lowest BCUT2D eigenvalue weighted by atomic mass is 10.1. The number of alkyl halides is 3. The molecule has 25 heavy (non-hydrogen) atoms. The summed E-state index contributed by atoms with van der Waals surface area (Å²) in [6.45, 7) is 0.250. The van der Waals surface area contributed by atoms with Crippen molar-refractivity contribution in [3.63, 3.8) is 0 Å². The molecule has 2 heterocycles. The predicted molar refractivity (Wildman–Crippen MR) is 82.9 cm³/mol. The molecule has 2 aromatic heterocycles. The maximum absolute atomic E-state index is 12.9. The van der Waals surface area contributed by atoms with Gasteiger partial charge in [-0.1, -0.05) is 12.1 Å². The smallest absolute Gasteiger partial charge is 0.352 e. The number of carbonyl (C=O) groups is 1. The van der Waals surface area contributed by atoms with Gasteiger partial charge in [-0.05, 0) is 30.5 Å². The highest BCUT2D eigenvalue weighted by molar-refractivity contribution is 5.95. The molecule has 6 nitrogen and oxygen atoms in total. The Morgan fingerprint density at radius 2 is 2.00 bits per heavy atom. The standard InChI is InChI=1S/C16H14F3N5O/c17-16(18,19)13-6-2-1-5-12(13)14(25)20-7-3-4-11-8-21-15-22-10-23-24(15)9-11/h1-2,5-6,8-10H,3-4,7H2,(H,20,25). The zero-order valence-corrected chi connectivity index (χ0v) is 13.0. The Morgan fingerprint density at radius 1 is 1.20 bits per heavy atom. The molecule has 1 amide bonds. The summed E-state index contributed by atoms with van der Waals surface area (Å²) in [6.07, 6.45) is 1.42. The highest BCUT2D eigenvalue weighted by atomic mass is 19.4. The Kier molecular flexibility index (Phi) is 4.64. The minimum Gasteiger partial charge on any atom is -0.352 e. The van der Waals surface area contributed by atoms with Crippen LogP contribution in [0.5, 0.6) is 0 Å². The zero-order valence-electron chi connectivity index (χ0n) is 13.0. The zero-order chi connectivity index (χ0) is 17.9. The Bertz CT molecular complexity index is 891. The summed E-state index contributed by atoms with van der Waals surface area (Å²) < 4.78 is 40.3. The van der Waals surface area contributed by atoms with Crippen LogP contribution in [0.25, 0.3) is 5.78 Å². The fourth-order valence-corrected chi connectivity index (χ4v) is 2.41. The number of rotatable bonds is 5. The van der Waals surface area contributed by atoms with Gasteiger partial charge in [0.15, 0.2) is 0 Å². The first-order valence-corrected chi connectivity index (χ1v) is 7.54. The molecule has 0 spiro atoms. The molecule has 0 saturated heterocycles. The Balaban J connectivity index is 1.56. The minimum absolute atomic E-state index is 0.250. The van der Waals surface area contributed by atoms with E-state index in [0.717, 1.165) is 11.6 Å². The second kappa shape index (κ2) is 6.88. The number of halogens is 3. The van der Waals surface area contributed by atoms with Gasteiger partial charge in [-0.2, -0.15) is 23.3 Å². The van der Waals surface area contributed by atoms with Gasteiger partial charge >= 0.3 is 6.18 Å². The van der Waals surface area contributed by atoms with Gasteiger partial charge in [0.2, 0.25) is 0 Å². The summed E-state index contributed by atoms with van der Waals surface area (Å²) in [4.78, 5) is 20.1. The van der Waals surface area contributed by atoms with E-state index >= 15 is 0 Å². The number of amides is 1. The number of nitrogens with zero attached hydrogens (tertiary/aromatic N) is 4. The van der Waals surface area contributed by atoms with Crippen LogP contribution in [0.15, 0.2) is 43.0 Å². The van der Waals surface area contributed by atoms with E-state index in [2.05, 4.69) is 20.4 Å². The third-order valence-corrected chi connectivity index (χ3v) is 3.59. The van der Waals surface area contributed by atoms with Gasteiger partial charge in [-0.15, -0.1) is 0 Å². The van der Waals surface area contributed by atoms with Crippen LogP contribution in [0, 0.1) is 0 Å². The van der Waals surface area contributed by atoms with Crippen molar-refractivity contribution in [1.82, 2.24) is 24.9 Å². The average Bonchev–Trinajstić information content (AvgIpc) is 3.05. The van der Waals surface area contributed by atoms with Crippen molar-refractivity contribution in [3.05, 3.63) is 59.7 Å². The Morgan fingerprint density at radius 3 is 2.80 bits per heavy atom. The first-order chi connectivity index (χ1) is 11.9. The van der Waals surface area contributed by atoms with Gasteiger partial charge in [0.05, 0.1) is 11.1 Å². The van der Waals surface area contributed by atoms with Crippen LogP contribution in [0.3, 0.4) is 0 Å². The van der Waals surface area contributed by atoms with E-state index in [4.69, 9.17) is 0 Å². The van der Waals surface area contributed by atoms with Gasteiger partial charge < -0.3 is 5.32 Å². The number of fused-ring (bicyclic) bond motifs is 1. The predicted octanol–water partition coefficient (Wildman–Crippen LogP) is 2.51. The third-order valence-electron chi connectivity index (χ3n) is 3.59. The molecule has 1 aromatic carbocycles. The van der Waals surface area contributed by atoms with E-state index in [1.54, 1.807) is 12.4 Å². The summed E-state index contributed by atoms with van der Waals surface area (Å²) in [7, 11) is 0. The molecule has 0 aliphatic rings. The van der Waals surface area contributed by atoms with E-state index in [1.165, 1.54) is 29.0 Å². The van der Waals surface area contributed by atoms with Gasteiger partial charge in [-0.3, -0.25) is 4.79 Å². The van der Waals surface area contributed by atoms with Crippen LogP contribution >= 0.6 is 0 Å². The van der Waals surface area contributed by atoms with Crippen LogP contribution in [0.2, 0.25) is 0 Å². The normalized spacial score (nSPS) is 11.6. The second-order valence-corrected chi connectivity index (χ2v) is 5.37. The molecule has 0 radical (unpaired) electrons. The molecule has 3 rings (SSSR count). The molecule has 0 aliphatic heterocycles. The van der Waals surface area contributed by atoms with E-state index in [1.807, 2.05) is 0 Å². The molecule has 130 valence electrons. The van der Waals surface area contributed by atoms with Crippen LogP contribution < -0.4 is 5.32 Å². The van der Waals surface area contributed by atoms with Gasteiger partial charge in [0.1, 0.15) is 6.33 Å². The molecule has 0 fully saturated rings. The molecule has 0 atom stereocenters. The Hall–Kier alpha value is -2.97. The summed E-state index contributed by atoms with van der Waals surface area (Å²) >= 11 is 0. The fraction of sp³-hybridized carbons (Fsp3) is 0.250. The lowest BCUT2D eigenvalue weighted by Crippen LogP contribution is -2.27. The molecular formula is C16H14F3N5O. The van der Waals surface area contributed by atoms with Gasteiger partial charge in [-0.25, -0.2) is 9.50 Å². The molecule has 0 unspecified atom stereocenters. The lowest BCUT2D eigenvalue weighted by molar-refractivity contribution is -0.137. The van der Waals surface area contributed by atoms with Gasteiger partial charge in [0.25, 0.3) is 11.7 Å². The van der Waals surface area contributed by atoms with E-state index in [0.29, 0.717) is 18.6 Å². The largest absolute Gasteiger partial charge is 0.417 e. The minimum atomic E-state index is -4.56. The molecule has 3 aromatic rings. The summed E-state index contributed by atoms with van der Waals surface area (Å²) in [5.41, 5.74) is -0.419. The highest BCUT2D eigenvalue weighted by Crippen LogP contribution is 2.31. The lowest BCUT2D eigenvalue weighted by Gasteiger charge is -2.12. The fourth-order valence-electron chi connectivity index (χ4n) is 2.41. The molecule has 0 saturated carbocycles. The first kappa shape index (κ1) is 16.9. The monoisotopic (exact) mass is 349 g/mol. The maximum atomic E-state index is 12.9. The number of benzene rings is 1. The first-order valence-electron chi connectivity index (χ1n) is 7.54. The SMILES string of the molecule is O=C(NCCCc1cnc2ncnn2c1)c1ccccc1C(F)(F)F.